The molecular weight excluding hydrogens is 306 g/mol. The maximum atomic E-state index is 12.1. The van der Waals surface area contributed by atoms with Gasteiger partial charge in [0.15, 0.2) is 0 Å². The highest BCUT2D eigenvalue weighted by Gasteiger charge is 2.12. The number of halogens is 1. The molecule has 4 nitrogen and oxygen atoms in total. The summed E-state index contributed by atoms with van der Waals surface area (Å²) in [7, 11) is 0. The monoisotopic (exact) mass is 319 g/mol. The van der Waals surface area contributed by atoms with Crippen LogP contribution < -0.4 is 11.1 Å². The fraction of sp³-hybridized carbons (Fsp3) is 0.143. The van der Waals surface area contributed by atoms with Crippen LogP contribution in [0.4, 0.5) is 5.69 Å². The van der Waals surface area contributed by atoms with E-state index in [1.807, 2.05) is 19.1 Å². The first kappa shape index (κ1) is 13.5. The summed E-state index contributed by atoms with van der Waals surface area (Å²) in [6.45, 7) is 1.92. The van der Waals surface area contributed by atoms with E-state index in [1.54, 1.807) is 30.6 Å². The second-order valence-electron chi connectivity index (χ2n) is 4.22. The molecule has 1 heterocycles. The van der Waals surface area contributed by atoms with E-state index in [0.29, 0.717) is 15.7 Å². The lowest BCUT2D eigenvalue weighted by atomic mass is 10.1. The third-order valence-corrected chi connectivity index (χ3v) is 3.48. The topological polar surface area (TPSA) is 68.0 Å². The van der Waals surface area contributed by atoms with Gasteiger partial charge in [0.05, 0.1) is 6.04 Å². The lowest BCUT2D eigenvalue weighted by Gasteiger charge is -2.14. The smallest absolute Gasteiger partial charge is 0.251 e. The maximum Gasteiger partial charge on any atom is 0.251 e. The number of carbonyl (C=O) groups excluding carboxylic acids is 1. The lowest BCUT2D eigenvalue weighted by molar-refractivity contribution is 0.0940. The molecule has 19 heavy (non-hydrogen) atoms. The summed E-state index contributed by atoms with van der Waals surface area (Å²) in [4.78, 5) is 16.1. The molecule has 5 heteroatoms. The zero-order valence-electron chi connectivity index (χ0n) is 10.4. The first-order chi connectivity index (χ1) is 9.08. The van der Waals surface area contributed by atoms with E-state index in [0.717, 1.165) is 5.56 Å². The molecular formula is C14H14BrN3O. The molecule has 0 radical (unpaired) electrons. The van der Waals surface area contributed by atoms with Crippen LogP contribution in [-0.4, -0.2) is 10.9 Å². The number of hydrogen-bond donors (Lipinski definition) is 2. The van der Waals surface area contributed by atoms with Gasteiger partial charge in [-0.3, -0.25) is 9.78 Å². The van der Waals surface area contributed by atoms with Crippen molar-refractivity contribution in [1.29, 1.82) is 0 Å². The summed E-state index contributed by atoms with van der Waals surface area (Å²) in [5.74, 6) is -0.142. The van der Waals surface area contributed by atoms with Crippen LogP contribution in [0.5, 0.6) is 0 Å². The van der Waals surface area contributed by atoms with Crippen molar-refractivity contribution in [1.82, 2.24) is 10.3 Å². The molecule has 1 aromatic carbocycles. The van der Waals surface area contributed by atoms with Crippen molar-refractivity contribution in [3.05, 3.63) is 58.3 Å². The van der Waals surface area contributed by atoms with Crippen molar-refractivity contribution < 1.29 is 4.79 Å². The molecule has 1 atom stereocenters. The summed E-state index contributed by atoms with van der Waals surface area (Å²) in [5.41, 5.74) is 7.83. The normalized spacial score (nSPS) is 11.9. The van der Waals surface area contributed by atoms with Crippen molar-refractivity contribution in [2.75, 3.05) is 5.73 Å². The summed E-state index contributed by atoms with van der Waals surface area (Å²) in [6.07, 6.45) is 3.44. The van der Waals surface area contributed by atoms with Crippen molar-refractivity contribution in [2.24, 2.45) is 0 Å². The van der Waals surface area contributed by atoms with Crippen molar-refractivity contribution in [2.45, 2.75) is 13.0 Å². The van der Waals surface area contributed by atoms with E-state index in [9.17, 15) is 4.79 Å². The zero-order chi connectivity index (χ0) is 13.8. The fourth-order valence-electron chi connectivity index (χ4n) is 1.66. The largest absolute Gasteiger partial charge is 0.398 e. The molecule has 0 aliphatic heterocycles. The molecule has 2 aromatic rings. The zero-order valence-corrected chi connectivity index (χ0v) is 12.0. The van der Waals surface area contributed by atoms with Gasteiger partial charge in [-0.05, 0) is 52.7 Å². The van der Waals surface area contributed by atoms with Gasteiger partial charge in [0.25, 0.3) is 5.91 Å². The molecule has 0 saturated carbocycles. The molecule has 0 bridgehead atoms. The maximum absolute atomic E-state index is 12.1. The van der Waals surface area contributed by atoms with Gasteiger partial charge in [0, 0.05) is 28.1 Å². The molecule has 1 amide bonds. The van der Waals surface area contributed by atoms with E-state index in [2.05, 4.69) is 26.2 Å². The van der Waals surface area contributed by atoms with Crippen LogP contribution in [0.2, 0.25) is 0 Å². The number of nitrogens with one attached hydrogen (secondary N) is 1. The fourth-order valence-corrected chi connectivity index (χ4v) is 2.04. The number of nitrogen functional groups attached to an aromatic ring is 1. The highest BCUT2D eigenvalue weighted by Crippen LogP contribution is 2.21. The van der Waals surface area contributed by atoms with Gasteiger partial charge < -0.3 is 11.1 Å². The summed E-state index contributed by atoms with van der Waals surface area (Å²) < 4.78 is 0.717. The molecule has 2 rings (SSSR count). The Kier molecular flexibility index (Phi) is 4.16. The molecule has 0 spiro atoms. The Morgan fingerprint density at radius 2 is 2.21 bits per heavy atom. The van der Waals surface area contributed by atoms with E-state index in [4.69, 9.17) is 5.73 Å². The van der Waals surface area contributed by atoms with Crippen LogP contribution in [0, 0.1) is 0 Å². The number of nitrogens with zero attached hydrogens (tertiary/aromatic N) is 1. The van der Waals surface area contributed by atoms with Crippen LogP contribution in [-0.2, 0) is 0 Å². The van der Waals surface area contributed by atoms with Gasteiger partial charge in [0.1, 0.15) is 0 Å². The van der Waals surface area contributed by atoms with Gasteiger partial charge in [-0.1, -0.05) is 6.07 Å². The minimum atomic E-state index is -0.142. The number of aromatic nitrogens is 1. The number of hydrogen-bond acceptors (Lipinski definition) is 3. The number of carbonyl (C=O) groups is 1. The Morgan fingerprint density at radius 1 is 1.42 bits per heavy atom. The van der Waals surface area contributed by atoms with E-state index in [1.165, 1.54) is 0 Å². The van der Waals surface area contributed by atoms with Gasteiger partial charge in [-0.2, -0.15) is 0 Å². The number of anilines is 1. The second-order valence-corrected chi connectivity index (χ2v) is 5.07. The quantitative estimate of drug-likeness (QED) is 0.855. The Bertz CT molecular complexity index is 586. The van der Waals surface area contributed by atoms with Crippen LogP contribution in [0.3, 0.4) is 0 Å². The van der Waals surface area contributed by atoms with Crippen LogP contribution in [0.1, 0.15) is 28.9 Å². The van der Waals surface area contributed by atoms with Crippen molar-refractivity contribution in [3.8, 4) is 0 Å². The molecule has 0 aliphatic rings. The lowest BCUT2D eigenvalue weighted by Crippen LogP contribution is -2.26. The predicted octanol–water partition coefficient (Wildman–Crippen LogP) is 2.92. The molecule has 0 saturated heterocycles. The minimum absolute atomic E-state index is 0.0995. The molecule has 0 fully saturated rings. The first-order valence-corrected chi connectivity index (χ1v) is 6.63. The van der Waals surface area contributed by atoms with Gasteiger partial charge in [-0.15, -0.1) is 0 Å². The van der Waals surface area contributed by atoms with Crippen LogP contribution in [0.15, 0.2) is 47.2 Å². The number of amides is 1. The Labute approximate surface area is 120 Å². The van der Waals surface area contributed by atoms with E-state index < -0.39 is 0 Å². The average Bonchev–Trinajstić information content (AvgIpc) is 2.42. The number of rotatable bonds is 3. The summed E-state index contributed by atoms with van der Waals surface area (Å²) >= 11 is 3.31. The van der Waals surface area contributed by atoms with Gasteiger partial charge in [0.2, 0.25) is 0 Å². The first-order valence-electron chi connectivity index (χ1n) is 5.83. The molecule has 0 unspecified atom stereocenters. The Hall–Kier alpha value is -1.88. The highest BCUT2D eigenvalue weighted by molar-refractivity contribution is 9.10. The summed E-state index contributed by atoms with van der Waals surface area (Å²) in [6, 6.07) is 8.78. The van der Waals surface area contributed by atoms with Crippen molar-refractivity contribution >= 4 is 27.5 Å². The molecule has 98 valence electrons. The van der Waals surface area contributed by atoms with Gasteiger partial charge >= 0.3 is 0 Å². The molecule has 0 aliphatic carbocycles. The van der Waals surface area contributed by atoms with Crippen molar-refractivity contribution in [3.63, 3.8) is 0 Å². The number of benzene rings is 1. The summed E-state index contributed by atoms with van der Waals surface area (Å²) in [5, 5.41) is 2.92. The highest BCUT2D eigenvalue weighted by atomic mass is 79.9. The average molecular weight is 320 g/mol. The molecule has 3 N–H and O–H groups in total. The third kappa shape index (κ3) is 3.32. The predicted molar refractivity (Wildman–Crippen MR) is 78.7 cm³/mol. The van der Waals surface area contributed by atoms with Crippen LogP contribution in [0.25, 0.3) is 0 Å². The Morgan fingerprint density at radius 3 is 2.84 bits per heavy atom. The number of pyridine rings is 1. The van der Waals surface area contributed by atoms with Crippen LogP contribution >= 0.6 is 15.9 Å². The molecule has 1 aromatic heterocycles. The Balaban J connectivity index is 2.11. The minimum Gasteiger partial charge on any atom is -0.398 e. The van der Waals surface area contributed by atoms with E-state index in [-0.39, 0.29) is 11.9 Å². The van der Waals surface area contributed by atoms with Gasteiger partial charge in [-0.25, -0.2) is 0 Å². The third-order valence-electron chi connectivity index (χ3n) is 2.79. The SMILES string of the molecule is C[C@H](NC(=O)c1ccc(N)c(Br)c1)c1cccnc1. The number of nitrogens with two attached hydrogens (primary N) is 1. The second kappa shape index (κ2) is 5.84. The van der Waals surface area contributed by atoms with E-state index >= 15 is 0 Å². The standard InChI is InChI=1S/C14H14BrN3O/c1-9(11-3-2-6-17-8-11)18-14(19)10-4-5-13(16)12(15)7-10/h2-9H,16H2,1H3,(H,18,19)/t9-/m0/s1.